The highest BCUT2D eigenvalue weighted by atomic mass is 35.5. The van der Waals surface area contributed by atoms with Gasteiger partial charge >= 0.3 is 0 Å². The van der Waals surface area contributed by atoms with Gasteiger partial charge in [0.15, 0.2) is 0 Å². The first kappa shape index (κ1) is 14.5. The fraction of sp³-hybridized carbons (Fsp3) is 0.471. The Hall–Kier alpha value is -1.48. The summed E-state index contributed by atoms with van der Waals surface area (Å²) in [5.74, 6) is 2.17. The lowest BCUT2D eigenvalue weighted by Gasteiger charge is -2.20. The van der Waals surface area contributed by atoms with Crippen molar-refractivity contribution in [1.29, 1.82) is 0 Å². The number of fused-ring (bicyclic) bond motifs is 2. The zero-order valence-corrected chi connectivity index (χ0v) is 13.2. The van der Waals surface area contributed by atoms with Gasteiger partial charge in [-0.25, -0.2) is 0 Å². The minimum absolute atomic E-state index is 0.00225. The molecule has 1 aromatic rings. The molecular formula is C17H21ClN2O. The molecule has 0 aromatic heterocycles. The molecule has 4 heteroatoms. The Bertz CT molecular complexity index is 582. The van der Waals surface area contributed by atoms with Gasteiger partial charge in [0.1, 0.15) is 0 Å². The summed E-state index contributed by atoms with van der Waals surface area (Å²) < 4.78 is 0. The molecule has 1 saturated carbocycles. The summed E-state index contributed by atoms with van der Waals surface area (Å²) >= 11 is 6.24. The average Bonchev–Trinajstić information content (AvgIpc) is 3.08. The van der Waals surface area contributed by atoms with E-state index in [0.29, 0.717) is 22.4 Å². The van der Waals surface area contributed by atoms with Crippen LogP contribution in [0.5, 0.6) is 0 Å². The second-order valence-corrected chi connectivity index (χ2v) is 6.72. The van der Waals surface area contributed by atoms with Crippen molar-refractivity contribution in [2.24, 2.45) is 17.8 Å². The lowest BCUT2D eigenvalue weighted by molar-refractivity contribution is 0.0827. The first-order valence-corrected chi connectivity index (χ1v) is 7.86. The Balaban J connectivity index is 1.68. The van der Waals surface area contributed by atoms with Gasteiger partial charge in [-0.3, -0.25) is 4.79 Å². The topological polar surface area (TPSA) is 32.3 Å². The zero-order valence-electron chi connectivity index (χ0n) is 12.5. The van der Waals surface area contributed by atoms with Crippen LogP contribution in [0.2, 0.25) is 5.02 Å². The molecule has 3 rings (SSSR count). The minimum atomic E-state index is -0.00225. The van der Waals surface area contributed by atoms with E-state index < -0.39 is 0 Å². The third-order valence-electron chi connectivity index (χ3n) is 4.59. The van der Waals surface area contributed by atoms with E-state index in [-0.39, 0.29) is 5.91 Å². The molecule has 1 amide bonds. The molecule has 3 unspecified atom stereocenters. The highest BCUT2D eigenvalue weighted by molar-refractivity contribution is 6.33. The summed E-state index contributed by atoms with van der Waals surface area (Å²) in [7, 11) is 3.51. The lowest BCUT2D eigenvalue weighted by atomic mass is 9.93. The maximum Gasteiger partial charge on any atom is 0.253 e. The smallest absolute Gasteiger partial charge is 0.253 e. The Morgan fingerprint density at radius 1 is 1.33 bits per heavy atom. The fourth-order valence-electron chi connectivity index (χ4n) is 3.42. The van der Waals surface area contributed by atoms with Gasteiger partial charge in [0.05, 0.1) is 10.7 Å². The fourth-order valence-corrected chi connectivity index (χ4v) is 3.61. The molecule has 1 N–H and O–H groups in total. The molecule has 2 aliphatic carbocycles. The van der Waals surface area contributed by atoms with Gasteiger partial charge in [0, 0.05) is 26.2 Å². The van der Waals surface area contributed by atoms with Crippen molar-refractivity contribution in [1.82, 2.24) is 4.90 Å². The van der Waals surface area contributed by atoms with Crippen molar-refractivity contribution < 1.29 is 4.79 Å². The number of amides is 1. The van der Waals surface area contributed by atoms with E-state index in [4.69, 9.17) is 11.6 Å². The van der Waals surface area contributed by atoms with Gasteiger partial charge in [-0.2, -0.15) is 0 Å². The summed E-state index contributed by atoms with van der Waals surface area (Å²) in [5, 5.41) is 4.11. The highest BCUT2D eigenvalue weighted by Crippen LogP contribution is 2.43. The van der Waals surface area contributed by atoms with Crippen molar-refractivity contribution in [3.63, 3.8) is 0 Å². The Labute approximate surface area is 131 Å². The number of nitrogens with zero attached hydrogens (tertiary/aromatic N) is 1. The first-order chi connectivity index (χ1) is 10.0. The summed E-state index contributed by atoms with van der Waals surface area (Å²) in [4.78, 5) is 13.6. The molecule has 0 aliphatic heterocycles. The maximum absolute atomic E-state index is 12.0. The van der Waals surface area contributed by atoms with Crippen LogP contribution in [-0.4, -0.2) is 31.4 Å². The number of rotatable bonds is 4. The average molecular weight is 305 g/mol. The summed E-state index contributed by atoms with van der Waals surface area (Å²) in [6, 6.07) is 5.42. The molecule has 3 atom stereocenters. The summed E-state index contributed by atoms with van der Waals surface area (Å²) in [6.07, 6.45) is 7.28. The van der Waals surface area contributed by atoms with E-state index in [9.17, 15) is 4.79 Å². The van der Waals surface area contributed by atoms with Gasteiger partial charge in [-0.15, -0.1) is 0 Å². The van der Waals surface area contributed by atoms with Gasteiger partial charge < -0.3 is 10.2 Å². The third-order valence-corrected chi connectivity index (χ3v) is 4.92. The predicted molar refractivity (Wildman–Crippen MR) is 86.8 cm³/mol. The zero-order chi connectivity index (χ0) is 15.0. The van der Waals surface area contributed by atoms with E-state index in [1.807, 2.05) is 6.07 Å². The summed E-state index contributed by atoms with van der Waals surface area (Å²) in [5.41, 5.74) is 1.52. The van der Waals surface area contributed by atoms with Crippen molar-refractivity contribution in [2.75, 3.05) is 26.0 Å². The molecule has 0 saturated heterocycles. The maximum atomic E-state index is 12.0. The SMILES string of the molecule is CN(C)C(=O)c1ccc(Cl)c(NCC2CC3C=CC2C3)c1. The second-order valence-electron chi connectivity index (χ2n) is 6.32. The molecule has 2 bridgehead atoms. The van der Waals surface area contributed by atoms with E-state index in [1.165, 1.54) is 12.8 Å². The predicted octanol–water partition coefficient (Wildman–Crippen LogP) is 3.67. The molecule has 1 aromatic carbocycles. The molecule has 112 valence electrons. The standard InChI is InChI=1S/C17H21ClN2O/c1-20(2)17(21)13-5-6-15(18)16(9-13)19-10-14-8-11-3-4-12(14)7-11/h3-6,9,11-12,14,19H,7-8,10H2,1-2H3. The lowest BCUT2D eigenvalue weighted by Crippen LogP contribution is -2.22. The molecule has 0 spiro atoms. The van der Waals surface area contributed by atoms with Crippen LogP contribution in [0.1, 0.15) is 23.2 Å². The second kappa shape index (κ2) is 5.72. The third kappa shape index (κ3) is 2.93. The molecule has 3 nitrogen and oxygen atoms in total. The minimum Gasteiger partial charge on any atom is -0.384 e. The number of hydrogen-bond donors (Lipinski definition) is 1. The highest BCUT2D eigenvalue weighted by Gasteiger charge is 2.35. The van der Waals surface area contributed by atoms with Crippen molar-refractivity contribution in [2.45, 2.75) is 12.8 Å². The Morgan fingerprint density at radius 3 is 2.76 bits per heavy atom. The molecule has 0 radical (unpaired) electrons. The van der Waals surface area contributed by atoms with Gasteiger partial charge in [-0.1, -0.05) is 23.8 Å². The Morgan fingerprint density at radius 2 is 2.14 bits per heavy atom. The van der Waals surface area contributed by atoms with Gasteiger partial charge in [0.2, 0.25) is 0 Å². The number of anilines is 1. The van der Waals surface area contributed by atoms with Crippen molar-refractivity contribution in [3.8, 4) is 0 Å². The van der Waals surface area contributed by atoms with Crippen LogP contribution in [0.15, 0.2) is 30.4 Å². The van der Waals surface area contributed by atoms with Crippen molar-refractivity contribution >= 4 is 23.2 Å². The number of benzene rings is 1. The van der Waals surface area contributed by atoms with E-state index in [0.717, 1.165) is 18.2 Å². The molecule has 1 fully saturated rings. The largest absolute Gasteiger partial charge is 0.384 e. The molecule has 2 aliphatic rings. The van der Waals surface area contributed by atoms with E-state index in [1.54, 1.807) is 31.1 Å². The number of carbonyl (C=O) groups excluding carboxylic acids is 1. The van der Waals surface area contributed by atoms with Crippen LogP contribution in [0.3, 0.4) is 0 Å². The van der Waals surface area contributed by atoms with Crippen LogP contribution in [-0.2, 0) is 0 Å². The Kier molecular flexibility index (Phi) is 3.94. The van der Waals surface area contributed by atoms with Gasteiger partial charge in [0.25, 0.3) is 5.91 Å². The van der Waals surface area contributed by atoms with Crippen LogP contribution in [0, 0.1) is 17.8 Å². The van der Waals surface area contributed by atoms with Crippen LogP contribution >= 0.6 is 11.6 Å². The number of carbonyl (C=O) groups is 1. The van der Waals surface area contributed by atoms with Crippen LogP contribution in [0.25, 0.3) is 0 Å². The number of nitrogens with one attached hydrogen (secondary N) is 1. The number of halogens is 1. The van der Waals surface area contributed by atoms with Crippen LogP contribution in [0.4, 0.5) is 5.69 Å². The van der Waals surface area contributed by atoms with Gasteiger partial charge in [-0.05, 0) is 48.8 Å². The monoisotopic (exact) mass is 304 g/mol. The van der Waals surface area contributed by atoms with E-state index in [2.05, 4.69) is 17.5 Å². The normalized spacial score (nSPS) is 26.1. The van der Waals surface area contributed by atoms with E-state index >= 15 is 0 Å². The van der Waals surface area contributed by atoms with Crippen LogP contribution < -0.4 is 5.32 Å². The van der Waals surface area contributed by atoms with Crippen molar-refractivity contribution in [3.05, 3.63) is 40.9 Å². The summed E-state index contributed by atoms with van der Waals surface area (Å²) in [6.45, 7) is 0.921. The quantitative estimate of drug-likeness (QED) is 0.861. The molecule has 21 heavy (non-hydrogen) atoms. The molecule has 0 heterocycles. The number of hydrogen-bond acceptors (Lipinski definition) is 2. The number of allylic oxidation sites excluding steroid dienone is 2. The molecular weight excluding hydrogens is 284 g/mol. The first-order valence-electron chi connectivity index (χ1n) is 7.48.